The van der Waals surface area contributed by atoms with Crippen molar-refractivity contribution in [1.29, 1.82) is 0 Å². The first-order valence-corrected chi connectivity index (χ1v) is 5.29. The highest BCUT2D eigenvalue weighted by molar-refractivity contribution is 9.10. The molecule has 1 aromatic carbocycles. The molecule has 0 fully saturated rings. The maximum Gasteiger partial charge on any atom is 0.156 e. The van der Waals surface area contributed by atoms with Crippen molar-refractivity contribution in [3.05, 3.63) is 22.2 Å². The number of nitrogens with zero attached hydrogens (tertiary/aromatic N) is 1. The number of ether oxygens (including phenoxy) is 1. The van der Waals surface area contributed by atoms with E-state index >= 15 is 0 Å². The van der Waals surface area contributed by atoms with Crippen LogP contribution in [0.15, 0.2) is 16.6 Å². The molecule has 0 radical (unpaired) electrons. The molecule has 1 N–H and O–H groups in total. The average molecular weight is 258 g/mol. The Hall–Kier alpha value is -0.740. The lowest BCUT2D eigenvalue weighted by molar-refractivity contribution is 0.280. The van der Waals surface area contributed by atoms with Crippen LogP contribution >= 0.6 is 15.9 Å². The zero-order valence-corrected chi connectivity index (χ0v) is 9.54. The molecule has 3 nitrogen and oxygen atoms in total. The quantitative estimate of drug-likeness (QED) is 0.833. The lowest BCUT2D eigenvalue weighted by Gasteiger charge is -2.28. The molecule has 0 atom stereocenters. The van der Waals surface area contributed by atoms with Gasteiger partial charge in [-0.25, -0.2) is 0 Å². The Morgan fingerprint density at radius 1 is 1.57 bits per heavy atom. The van der Waals surface area contributed by atoms with Crippen LogP contribution in [0.25, 0.3) is 0 Å². The van der Waals surface area contributed by atoms with Gasteiger partial charge in [-0.15, -0.1) is 0 Å². The van der Waals surface area contributed by atoms with Crippen LogP contribution < -0.4 is 9.64 Å². The minimum atomic E-state index is 0.0553. The minimum absolute atomic E-state index is 0.0553. The van der Waals surface area contributed by atoms with E-state index in [1.165, 1.54) is 0 Å². The molecule has 1 aromatic rings. The Balaban J connectivity index is 2.51. The van der Waals surface area contributed by atoms with E-state index in [9.17, 15) is 0 Å². The summed E-state index contributed by atoms with van der Waals surface area (Å²) in [6, 6.07) is 3.84. The summed E-state index contributed by atoms with van der Waals surface area (Å²) >= 11 is 3.44. The Labute approximate surface area is 91.4 Å². The molecular weight excluding hydrogens is 246 g/mol. The molecular formula is C10H12BrNO2. The summed E-state index contributed by atoms with van der Waals surface area (Å²) in [6.07, 6.45) is 0. The van der Waals surface area contributed by atoms with E-state index in [1.807, 2.05) is 19.2 Å². The van der Waals surface area contributed by atoms with Crippen molar-refractivity contribution in [2.45, 2.75) is 6.61 Å². The number of fused-ring (bicyclic) bond motifs is 1. The van der Waals surface area contributed by atoms with Gasteiger partial charge in [0.1, 0.15) is 6.61 Å². The van der Waals surface area contributed by atoms with Crippen molar-refractivity contribution in [3.63, 3.8) is 0 Å². The second kappa shape index (κ2) is 3.79. The van der Waals surface area contributed by atoms with Gasteiger partial charge in [-0.05, 0) is 33.6 Å². The summed E-state index contributed by atoms with van der Waals surface area (Å²) in [5.74, 6) is 0.871. The maximum atomic E-state index is 9.07. The number of anilines is 1. The van der Waals surface area contributed by atoms with Crippen LogP contribution in [0, 0.1) is 0 Å². The van der Waals surface area contributed by atoms with Gasteiger partial charge in [0, 0.05) is 7.05 Å². The maximum absolute atomic E-state index is 9.07. The number of halogens is 1. The number of rotatable bonds is 1. The Morgan fingerprint density at radius 3 is 3.07 bits per heavy atom. The van der Waals surface area contributed by atoms with Gasteiger partial charge in [-0.1, -0.05) is 0 Å². The van der Waals surface area contributed by atoms with E-state index in [-0.39, 0.29) is 6.61 Å². The van der Waals surface area contributed by atoms with Crippen LogP contribution in [-0.2, 0) is 6.61 Å². The number of aliphatic hydroxyl groups excluding tert-OH is 1. The first-order valence-electron chi connectivity index (χ1n) is 4.49. The molecule has 1 aliphatic rings. The SMILES string of the molecule is CN1CCOc2c(Br)cc(CO)cc21. The fourth-order valence-corrected chi connectivity index (χ4v) is 2.17. The fraction of sp³-hybridized carbons (Fsp3) is 0.400. The standard InChI is InChI=1S/C10H12BrNO2/c1-12-2-3-14-10-8(11)4-7(6-13)5-9(10)12/h4-5,13H,2-3,6H2,1H3. The molecule has 0 bridgehead atoms. The molecule has 0 unspecified atom stereocenters. The lowest BCUT2D eigenvalue weighted by atomic mass is 10.1. The number of aliphatic hydroxyl groups is 1. The molecule has 4 heteroatoms. The Bertz CT molecular complexity index is 354. The summed E-state index contributed by atoms with van der Waals surface area (Å²) in [7, 11) is 2.02. The molecule has 1 aliphatic heterocycles. The molecule has 0 saturated carbocycles. The molecule has 0 aliphatic carbocycles. The van der Waals surface area contributed by atoms with Crippen LogP contribution in [0.4, 0.5) is 5.69 Å². The number of hydrogen-bond acceptors (Lipinski definition) is 3. The summed E-state index contributed by atoms with van der Waals surface area (Å²) in [6.45, 7) is 1.65. The van der Waals surface area contributed by atoms with Crippen LogP contribution in [0.5, 0.6) is 5.75 Å². The summed E-state index contributed by atoms with van der Waals surface area (Å²) in [5, 5.41) is 9.07. The van der Waals surface area contributed by atoms with Crippen LogP contribution in [-0.4, -0.2) is 25.3 Å². The highest BCUT2D eigenvalue weighted by atomic mass is 79.9. The third-order valence-corrected chi connectivity index (χ3v) is 2.94. The van der Waals surface area contributed by atoms with Crippen LogP contribution in [0.1, 0.15) is 5.56 Å². The first kappa shape index (κ1) is 9.80. The Kier molecular flexibility index (Phi) is 2.65. The summed E-state index contributed by atoms with van der Waals surface area (Å²) < 4.78 is 6.46. The fourth-order valence-electron chi connectivity index (χ4n) is 1.56. The highest BCUT2D eigenvalue weighted by Gasteiger charge is 2.18. The smallest absolute Gasteiger partial charge is 0.156 e. The first-order chi connectivity index (χ1) is 6.72. The van der Waals surface area contributed by atoms with E-state index < -0.39 is 0 Å². The number of likely N-dealkylation sites (N-methyl/N-ethyl adjacent to an activating group) is 1. The monoisotopic (exact) mass is 257 g/mol. The van der Waals surface area contributed by atoms with Gasteiger partial charge < -0.3 is 14.7 Å². The highest BCUT2D eigenvalue weighted by Crippen LogP contribution is 2.38. The summed E-state index contributed by atoms with van der Waals surface area (Å²) in [4.78, 5) is 2.13. The minimum Gasteiger partial charge on any atom is -0.488 e. The van der Waals surface area contributed by atoms with Crippen molar-refractivity contribution in [2.24, 2.45) is 0 Å². The van der Waals surface area contributed by atoms with E-state index in [0.29, 0.717) is 6.61 Å². The van der Waals surface area contributed by atoms with Gasteiger partial charge in [0.15, 0.2) is 5.75 Å². The molecule has 1 heterocycles. The Morgan fingerprint density at radius 2 is 2.36 bits per heavy atom. The van der Waals surface area contributed by atoms with Gasteiger partial charge in [0.05, 0.1) is 23.3 Å². The average Bonchev–Trinajstić information content (AvgIpc) is 2.19. The topological polar surface area (TPSA) is 32.7 Å². The molecule has 0 amide bonds. The van der Waals surface area contributed by atoms with Crippen LogP contribution in [0.2, 0.25) is 0 Å². The van der Waals surface area contributed by atoms with Gasteiger partial charge in [-0.3, -0.25) is 0 Å². The van der Waals surface area contributed by atoms with Crippen molar-refractivity contribution in [2.75, 3.05) is 25.1 Å². The predicted molar refractivity (Wildman–Crippen MR) is 58.8 cm³/mol. The summed E-state index contributed by atoms with van der Waals surface area (Å²) in [5.41, 5.74) is 1.93. The second-order valence-electron chi connectivity index (χ2n) is 3.35. The van der Waals surface area contributed by atoms with Crippen molar-refractivity contribution < 1.29 is 9.84 Å². The van der Waals surface area contributed by atoms with Crippen molar-refractivity contribution in [3.8, 4) is 5.75 Å². The molecule has 0 spiro atoms. The molecule has 0 saturated heterocycles. The third kappa shape index (κ3) is 1.60. The number of hydrogen-bond donors (Lipinski definition) is 1. The zero-order chi connectivity index (χ0) is 10.1. The van der Waals surface area contributed by atoms with E-state index in [2.05, 4.69) is 20.8 Å². The number of benzene rings is 1. The molecule has 76 valence electrons. The third-order valence-electron chi connectivity index (χ3n) is 2.35. The van der Waals surface area contributed by atoms with E-state index in [1.54, 1.807) is 0 Å². The lowest BCUT2D eigenvalue weighted by Crippen LogP contribution is -2.29. The van der Waals surface area contributed by atoms with E-state index in [0.717, 1.165) is 28.0 Å². The molecule has 14 heavy (non-hydrogen) atoms. The van der Waals surface area contributed by atoms with Gasteiger partial charge in [-0.2, -0.15) is 0 Å². The van der Waals surface area contributed by atoms with Gasteiger partial charge >= 0.3 is 0 Å². The molecule has 0 aromatic heterocycles. The largest absolute Gasteiger partial charge is 0.488 e. The predicted octanol–water partition coefficient (Wildman–Crippen LogP) is 1.77. The van der Waals surface area contributed by atoms with E-state index in [4.69, 9.17) is 9.84 Å². The van der Waals surface area contributed by atoms with Crippen molar-refractivity contribution >= 4 is 21.6 Å². The zero-order valence-electron chi connectivity index (χ0n) is 7.96. The van der Waals surface area contributed by atoms with Gasteiger partial charge in [0.2, 0.25) is 0 Å². The van der Waals surface area contributed by atoms with Crippen LogP contribution in [0.3, 0.4) is 0 Å². The van der Waals surface area contributed by atoms with Gasteiger partial charge in [0.25, 0.3) is 0 Å². The van der Waals surface area contributed by atoms with Crippen molar-refractivity contribution in [1.82, 2.24) is 0 Å². The normalized spacial score (nSPS) is 14.9. The molecule has 2 rings (SSSR count). The second-order valence-corrected chi connectivity index (χ2v) is 4.21.